The molecule has 0 aromatic heterocycles. The zero-order chi connectivity index (χ0) is 17.7. The third kappa shape index (κ3) is 4.50. The van der Waals surface area contributed by atoms with E-state index in [0.29, 0.717) is 5.56 Å². The van der Waals surface area contributed by atoms with Crippen molar-refractivity contribution in [3.63, 3.8) is 0 Å². The maximum Gasteiger partial charge on any atom is 0.416 e. The summed E-state index contributed by atoms with van der Waals surface area (Å²) in [6.45, 7) is 4.06. The molecule has 0 saturated heterocycles. The van der Waals surface area contributed by atoms with Gasteiger partial charge in [-0.3, -0.25) is 4.79 Å². The maximum absolute atomic E-state index is 12.6. The van der Waals surface area contributed by atoms with Gasteiger partial charge in [-0.2, -0.15) is 13.2 Å². The fraction of sp³-hybridized carbons (Fsp3) is 0.278. The molecule has 3 nitrogen and oxygen atoms in total. The number of halogens is 3. The van der Waals surface area contributed by atoms with Gasteiger partial charge in [0.15, 0.2) is 0 Å². The quantitative estimate of drug-likeness (QED) is 0.833. The molecule has 24 heavy (non-hydrogen) atoms. The van der Waals surface area contributed by atoms with Gasteiger partial charge in [0.05, 0.1) is 12.1 Å². The number of hydrogen-bond acceptors (Lipinski definition) is 2. The van der Waals surface area contributed by atoms with Crippen LogP contribution in [0.25, 0.3) is 0 Å². The zero-order valence-corrected chi connectivity index (χ0v) is 13.4. The van der Waals surface area contributed by atoms with Gasteiger partial charge in [0, 0.05) is 5.56 Å². The van der Waals surface area contributed by atoms with Crippen molar-refractivity contribution in [1.29, 1.82) is 0 Å². The Labute approximate surface area is 138 Å². The Morgan fingerprint density at radius 2 is 1.83 bits per heavy atom. The first kappa shape index (κ1) is 17.8. The van der Waals surface area contributed by atoms with E-state index in [0.717, 1.165) is 23.3 Å². The zero-order valence-electron chi connectivity index (χ0n) is 13.4. The van der Waals surface area contributed by atoms with Crippen LogP contribution in [0, 0.1) is 13.8 Å². The van der Waals surface area contributed by atoms with Gasteiger partial charge in [-0.25, -0.2) is 0 Å². The molecule has 0 atom stereocenters. The van der Waals surface area contributed by atoms with Crippen LogP contribution in [0.1, 0.15) is 27.0 Å². The topological polar surface area (TPSA) is 38.3 Å². The Kier molecular flexibility index (Phi) is 5.49. The molecule has 0 saturated carbocycles. The minimum absolute atomic E-state index is 0.0813. The predicted octanol–water partition coefficient (Wildman–Crippen LogP) is 4.13. The van der Waals surface area contributed by atoms with Crippen molar-refractivity contribution in [2.45, 2.75) is 20.0 Å². The van der Waals surface area contributed by atoms with Crippen LogP contribution in [0.15, 0.2) is 42.5 Å². The number of benzene rings is 2. The van der Waals surface area contributed by atoms with Crippen LogP contribution in [0.3, 0.4) is 0 Å². The molecule has 0 spiro atoms. The number of rotatable bonds is 5. The standard InChI is InChI=1S/C18H18F3NO2/c1-12-5-3-8-16(13(12)2)17(23)22-9-10-24-15-7-4-6-14(11-15)18(19,20)21/h3-8,11H,9-10H2,1-2H3,(H,22,23). The van der Waals surface area contributed by atoms with E-state index in [9.17, 15) is 18.0 Å². The maximum atomic E-state index is 12.6. The van der Waals surface area contributed by atoms with E-state index in [1.807, 2.05) is 19.9 Å². The minimum atomic E-state index is -4.41. The summed E-state index contributed by atoms with van der Waals surface area (Å²) in [7, 11) is 0. The number of hydrogen-bond donors (Lipinski definition) is 1. The second-order valence-electron chi connectivity index (χ2n) is 5.38. The normalized spacial score (nSPS) is 11.2. The molecule has 2 aromatic rings. The van der Waals surface area contributed by atoms with E-state index in [4.69, 9.17) is 4.74 Å². The van der Waals surface area contributed by atoms with Gasteiger partial charge in [-0.05, 0) is 49.2 Å². The Bertz CT molecular complexity index is 726. The number of carbonyl (C=O) groups is 1. The molecule has 1 amide bonds. The van der Waals surface area contributed by atoms with E-state index in [-0.39, 0.29) is 24.8 Å². The van der Waals surface area contributed by atoms with Gasteiger partial charge in [0.1, 0.15) is 12.4 Å². The molecule has 128 valence electrons. The summed E-state index contributed by atoms with van der Waals surface area (Å²) in [6, 6.07) is 10.1. The molecule has 0 heterocycles. The molecular weight excluding hydrogens is 319 g/mol. The van der Waals surface area contributed by atoms with Crippen LogP contribution in [-0.4, -0.2) is 19.1 Å². The molecule has 0 aliphatic heterocycles. The molecule has 0 bridgehead atoms. The lowest BCUT2D eigenvalue weighted by Crippen LogP contribution is -2.28. The van der Waals surface area contributed by atoms with Gasteiger partial charge in [0.2, 0.25) is 0 Å². The average Bonchev–Trinajstić information content (AvgIpc) is 2.53. The summed E-state index contributed by atoms with van der Waals surface area (Å²) in [4.78, 5) is 12.1. The van der Waals surface area contributed by atoms with Gasteiger partial charge in [-0.1, -0.05) is 18.2 Å². The van der Waals surface area contributed by atoms with Gasteiger partial charge >= 0.3 is 6.18 Å². The van der Waals surface area contributed by atoms with E-state index in [1.165, 1.54) is 12.1 Å². The first-order valence-electron chi connectivity index (χ1n) is 7.43. The number of alkyl halides is 3. The highest BCUT2D eigenvalue weighted by Gasteiger charge is 2.30. The third-order valence-corrected chi connectivity index (χ3v) is 3.67. The second kappa shape index (κ2) is 7.38. The predicted molar refractivity (Wildman–Crippen MR) is 85.2 cm³/mol. The number of carbonyl (C=O) groups excluding carboxylic acids is 1. The minimum Gasteiger partial charge on any atom is -0.492 e. The molecule has 6 heteroatoms. The fourth-order valence-electron chi connectivity index (χ4n) is 2.19. The van der Waals surface area contributed by atoms with Gasteiger partial charge in [0.25, 0.3) is 5.91 Å². The van der Waals surface area contributed by atoms with Crippen LogP contribution in [0.5, 0.6) is 5.75 Å². The lowest BCUT2D eigenvalue weighted by molar-refractivity contribution is -0.137. The first-order valence-corrected chi connectivity index (χ1v) is 7.43. The number of ether oxygens (including phenoxy) is 1. The van der Waals surface area contributed by atoms with E-state index < -0.39 is 11.7 Å². The van der Waals surface area contributed by atoms with E-state index in [2.05, 4.69) is 5.32 Å². The van der Waals surface area contributed by atoms with Crippen LogP contribution in [-0.2, 0) is 6.18 Å². The number of amides is 1. The largest absolute Gasteiger partial charge is 0.492 e. The van der Waals surface area contributed by atoms with Crippen LogP contribution in [0.2, 0.25) is 0 Å². The summed E-state index contributed by atoms with van der Waals surface area (Å²) < 4.78 is 43.1. The van der Waals surface area contributed by atoms with Crippen molar-refractivity contribution in [2.75, 3.05) is 13.2 Å². The Hall–Kier alpha value is -2.50. The molecule has 1 N–H and O–H groups in total. The van der Waals surface area contributed by atoms with Crippen LogP contribution in [0.4, 0.5) is 13.2 Å². The lowest BCUT2D eigenvalue weighted by atomic mass is 10.0. The molecule has 0 aliphatic carbocycles. The van der Waals surface area contributed by atoms with Crippen molar-refractivity contribution in [3.8, 4) is 5.75 Å². The van der Waals surface area contributed by atoms with E-state index >= 15 is 0 Å². The summed E-state index contributed by atoms with van der Waals surface area (Å²) in [5, 5.41) is 2.70. The van der Waals surface area contributed by atoms with Gasteiger partial charge < -0.3 is 10.1 Å². The first-order chi connectivity index (χ1) is 11.3. The summed E-state index contributed by atoms with van der Waals surface area (Å²) in [5.41, 5.74) is 1.73. The SMILES string of the molecule is Cc1cccc(C(=O)NCCOc2cccc(C(F)(F)F)c2)c1C. The number of aryl methyl sites for hydroxylation is 1. The third-order valence-electron chi connectivity index (χ3n) is 3.67. The highest BCUT2D eigenvalue weighted by Crippen LogP contribution is 2.31. The van der Waals surface area contributed by atoms with Crippen molar-refractivity contribution < 1.29 is 22.7 Å². The Morgan fingerprint density at radius 3 is 2.54 bits per heavy atom. The Balaban J connectivity index is 1.87. The second-order valence-corrected chi connectivity index (χ2v) is 5.38. The summed E-state index contributed by atoms with van der Waals surface area (Å²) in [5.74, 6) is -0.116. The highest BCUT2D eigenvalue weighted by molar-refractivity contribution is 5.95. The lowest BCUT2D eigenvalue weighted by Gasteiger charge is -2.12. The molecule has 2 aromatic carbocycles. The average molecular weight is 337 g/mol. The van der Waals surface area contributed by atoms with E-state index in [1.54, 1.807) is 12.1 Å². The molecular formula is C18H18F3NO2. The summed E-state index contributed by atoms with van der Waals surface area (Å²) >= 11 is 0. The van der Waals surface area contributed by atoms with Crippen LogP contribution >= 0.6 is 0 Å². The monoisotopic (exact) mass is 337 g/mol. The van der Waals surface area contributed by atoms with Crippen molar-refractivity contribution in [1.82, 2.24) is 5.32 Å². The fourth-order valence-corrected chi connectivity index (χ4v) is 2.19. The van der Waals surface area contributed by atoms with Crippen molar-refractivity contribution >= 4 is 5.91 Å². The summed E-state index contributed by atoms with van der Waals surface area (Å²) in [6.07, 6.45) is -4.41. The molecule has 0 radical (unpaired) electrons. The van der Waals surface area contributed by atoms with Gasteiger partial charge in [-0.15, -0.1) is 0 Å². The van der Waals surface area contributed by atoms with Crippen molar-refractivity contribution in [3.05, 3.63) is 64.7 Å². The smallest absolute Gasteiger partial charge is 0.416 e. The molecule has 0 aliphatic rings. The molecule has 0 unspecified atom stereocenters. The van der Waals surface area contributed by atoms with Crippen LogP contribution < -0.4 is 10.1 Å². The van der Waals surface area contributed by atoms with Crippen molar-refractivity contribution in [2.24, 2.45) is 0 Å². The molecule has 0 fully saturated rings. The number of nitrogens with one attached hydrogen (secondary N) is 1. The Morgan fingerprint density at radius 1 is 1.12 bits per heavy atom. The highest BCUT2D eigenvalue weighted by atomic mass is 19.4. The molecule has 2 rings (SSSR count).